The summed E-state index contributed by atoms with van der Waals surface area (Å²) in [6.45, 7) is 0. The van der Waals surface area contributed by atoms with Crippen molar-refractivity contribution in [1.82, 2.24) is 0 Å². The summed E-state index contributed by atoms with van der Waals surface area (Å²) in [6.07, 6.45) is 0.878. The molecule has 4 heteroatoms. The first kappa shape index (κ1) is 9.43. The second-order valence-corrected chi connectivity index (χ2v) is 5.08. The minimum absolute atomic E-state index is 0.714. The molecule has 0 aliphatic heterocycles. The number of halogens is 2. The van der Waals surface area contributed by atoms with Crippen LogP contribution in [-0.2, 0) is 0 Å². The first-order valence-corrected chi connectivity index (χ1v) is 5.83. The van der Waals surface area contributed by atoms with Gasteiger partial charge in [-0.3, -0.25) is 4.79 Å². The van der Waals surface area contributed by atoms with Crippen LogP contribution in [0.2, 0.25) is 5.02 Å². The van der Waals surface area contributed by atoms with Gasteiger partial charge in [0.1, 0.15) is 0 Å². The second kappa shape index (κ2) is 3.55. The highest BCUT2D eigenvalue weighted by Crippen LogP contribution is 2.35. The van der Waals surface area contributed by atoms with Crippen LogP contribution < -0.4 is 0 Å². The van der Waals surface area contributed by atoms with Crippen molar-refractivity contribution in [1.29, 1.82) is 0 Å². The van der Waals surface area contributed by atoms with Crippen molar-refractivity contribution in [3.63, 3.8) is 0 Å². The number of hydrogen-bond acceptors (Lipinski definition) is 2. The van der Waals surface area contributed by atoms with Crippen LogP contribution in [-0.4, -0.2) is 6.29 Å². The molecule has 0 fully saturated rings. The zero-order valence-electron chi connectivity index (χ0n) is 6.38. The summed E-state index contributed by atoms with van der Waals surface area (Å²) in [5, 5.41) is 1.71. The lowest BCUT2D eigenvalue weighted by Crippen LogP contribution is -1.75. The molecule has 0 amide bonds. The fourth-order valence-electron chi connectivity index (χ4n) is 1.16. The maximum atomic E-state index is 10.7. The molecule has 0 unspecified atom stereocenters. The zero-order chi connectivity index (χ0) is 9.42. The topological polar surface area (TPSA) is 17.1 Å². The van der Waals surface area contributed by atoms with Crippen molar-refractivity contribution in [2.75, 3.05) is 0 Å². The van der Waals surface area contributed by atoms with Crippen molar-refractivity contribution in [3.8, 4) is 0 Å². The van der Waals surface area contributed by atoms with Gasteiger partial charge >= 0.3 is 0 Å². The van der Waals surface area contributed by atoms with E-state index in [4.69, 9.17) is 11.6 Å². The summed E-state index contributed by atoms with van der Waals surface area (Å²) in [4.78, 5) is 11.4. The van der Waals surface area contributed by atoms with Crippen LogP contribution in [0.1, 0.15) is 9.67 Å². The smallest absolute Gasteiger partial charge is 0.161 e. The first-order valence-electron chi connectivity index (χ1n) is 3.55. The van der Waals surface area contributed by atoms with E-state index in [2.05, 4.69) is 22.6 Å². The summed E-state index contributed by atoms with van der Waals surface area (Å²) < 4.78 is 2.03. The molecule has 1 nitrogen and oxygen atoms in total. The summed E-state index contributed by atoms with van der Waals surface area (Å²) in [7, 11) is 0. The predicted octanol–water partition coefficient (Wildman–Crippen LogP) is 3.97. The molecule has 0 aliphatic rings. The van der Waals surface area contributed by atoms with Gasteiger partial charge in [0, 0.05) is 13.7 Å². The molecule has 2 rings (SSSR count). The van der Waals surface area contributed by atoms with Crippen LogP contribution >= 0.6 is 45.5 Å². The summed E-state index contributed by atoms with van der Waals surface area (Å²) in [6, 6.07) is 5.71. The number of fused-ring (bicyclic) bond motifs is 1. The molecule has 1 aromatic carbocycles. The lowest BCUT2D eigenvalue weighted by Gasteiger charge is -1.92. The van der Waals surface area contributed by atoms with E-state index in [1.54, 1.807) is 0 Å². The van der Waals surface area contributed by atoms with Crippen LogP contribution in [0.25, 0.3) is 10.1 Å². The molecular formula is C9H4ClIOS. The van der Waals surface area contributed by atoms with Crippen molar-refractivity contribution < 1.29 is 4.79 Å². The lowest BCUT2D eigenvalue weighted by atomic mass is 10.2. The third kappa shape index (κ3) is 1.49. The molecular weight excluding hydrogens is 319 g/mol. The predicted molar refractivity (Wildman–Crippen MR) is 64.9 cm³/mol. The molecule has 0 N–H and O–H groups in total. The monoisotopic (exact) mass is 322 g/mol. The van der Waals surface area contributed by atoms with E-state index in [0.29, 0.717) is 5.02 Å². The van der Waals surface area contributed by atoms with Gasteiger partial charge < -0.3 is 0 Å². The molecule has 0 aliphatic carbocycles. The molecule has 0 atom stereocenters. The molecule has 0 radical (unpaired) electrons. The van der Waals surface area contributed by atoms with Crippen molar-refractivity contribution in [3.05, 3.63) is 31.7 Å². The summed E-state index contributed by atoms with van der Waals surface area (Å²) >= 11 is 9.65. The van der Waals surface area contributed by atoms with Crippen LogP contribution in [0, 0.1) is 3.57 Å². The normalized spacial score (nSPS) is 10.6. The Hall–Kier alpha value is -0.130. The quantitative estimate of drug-likeness (QED) is 0.573. The minimum atomic E-state index is 0.714. The van der Waals surface area contributed by atoms with Gasteiger partial charge in [-0.15, -0.1) is 11.3 Å². The van der Waals surface area contributed by atoms with E-state index < -0.39 is 0 Å². The molecule has 1 aromatic heterocycles. The van der Waals surface area contributed by atoms with E-state index in [9.17, 15) is 4.79 Å². The zero-order valence-corrected chi connectivity index (χ0v) is 10.1. The average molecular weight is 323 g/mol. The number of thiophene rings is 1. The Labute approximate surface area is 97.8 Å². The van der Waals surface area contributed by atoms with Crippen molar-refractivity contribution in [2.24, 2.45) is 0 Å². The number of carbonyl (C=O) groups is 1. The standard InChI is InChI=1S/C9H4ClIOS/c10-5-2-1-3-6-8(5)9(11)7(4-12)13-6/h1-4H. The third-order valence-corrected chi connectivity index (χ3v) is 4.62. The Kier molecular flexibility index (Phi) is 2.58. The van der Waals surface area contributed by atoms with Gasteiger partial charge in [0.15, 0.2) is 6.29 Å². The highest BCUT2D eigenvalue weighted by atomic mass is 127. The fraction of sp³-hybridized carbons (Fsp3) is 0. The summed E-state index contributed by atoms with van der Waals surface area (Å²) in [5.41, 5.74) is 0. The van der Waals surface area contributed by atoms with Crippen molar-refractivity contribution >= 4 is 61.9 Å². The Morgan fingerprint density at radius 2 is 2.23 bits per heavy atom. The van der Waals surface area contributed by atoms with E-state index in [1.807, 2.05) is 18.2 Å². The van der Waals surface area contributed by atoms with Gasteiger partial charge in [0.05, 0.1) is 9.90 Å². The highest BCUT2D eigenvalue weighted by molar-refractivity contribution is 14.1. The number of carbonyl (C=O) groups excluding carboxylic acids is 1. The molecule has 0 saturated heterocycles. The fourth-order valence-corrected chi connectivity index (χ4v) is 3.81. The molecule has 0 bridgehead atoms. The Balaban J connectivity index is 2.92. The van der Waals surface area contributed by atoms with E-state index in [1.165, 1.54) is 11.3 Å². The summed E-state index contributed by atoms with van der Waals surface area (Å²) in [5.74, 6) is 0. The third-order valence-electron chi connectivity index (χ3n) is 1.74. The Morgan fingerprint density at radius 1 is 1.46 bits per heavy atom. The Morgan fingerprint density at radius 3 is 2.85 bits per heavy atom. The first-order chi connectivity index (χ1) is 6.24. The van der Waals surface area contributed by atoms with Crippen LogP contribution in [0.3, 0.4) is 0 Å². The molecule has 0 spiro atoms. The van der Waals surface area contributed by atoms with Crippen molar-refractivity contribution in [2.45, 2.75) is 0 Å². The number of rotatable bonds is 1. The molecule has 13 heavy (non-hydrogen) atoms. The largest absolute Gasteiger partial charge is 0.297 e. The number of aldehydes is 1. The van der Waals surface area contributed by atoms with Gasteiger partial charge in [-0.1, -0.05) is 17.7 Å². The average Bonchev–Trinajstić information content (AvgIpc) is 2.44. The van der Waals surface area contributed by atoms with Gasteiger partial charge in [-0.25, -0.2) is 0 Å². The SMILES string of the molecule is O=Cc1sc2cccc(Cl)c2c1I. The van der Waals surface area contributed by atoms with E-state index in [0.717, 1.165) is 24.8 Å². The second-order valence-electron chi connectivity index (χ2n) is 2.51. The molecule has 0 saturated carbocycles. The number of hydrogen-bond donors (Lipinski definition) is 0. The maximum absolute atomic E-state index is 10.7. The van der Waals surface area contributed by atoms with Gasteiger partial charge in [-0.2, -0.15) is 0 Å². The van der Waals surface area contributed by atoms with E-state index in [-0.39, 0.29) is 0 Å². The number of benzene rings is 1. The Bertz CT molecular complexity index is 478. The van der Waals surface area contributed by atoms with Gasteiger partial charge in [0.2, 0.25) is 0 Å². The molecule has 2 aromatic rings. The highest BCUT2D eigenvalue weighted by Gasteiger charge is 2.10. The van der Waals surface area contributed by atoms with Gasteiger partial charge in [0.25, 0.3) is 0 Å². The molecule has 1 heterocycles. The lowest BCUT2D eigenvalue weighted by molar-refractivity contribution is 0.112. The van der Waals surface area contributed by atoms with Crippen LogP contribution in [0.4, 0.5) is 0 Å². The molecule has 66 valence electrons. The van der Waals surface area contributed by atoms with Crippen LogP contribution in [0.5, 0.6) is 0 Å². The van der Waals surface area contributed by atoms with Crippen LogP contribution in [0.15, 0.2) is 18.2 Å². The van der Waals surface area contributed by atoms with E-state index >= 15 is 0 Å². The minimum Gasteiger partial charge on any atom is -0.297 e. The maximum Gasteiger partial charge on any atom is 0.161 e. The van der Waals surface area contributed by atoms with Gasteiger partial charge in [-0.05, 0) is 34.7 Å².